The van der Waals surface area contributed by atoms with Gasteiger partial charge in [0.25, 0.3) is 0 Å². The maximum Gasteiger partial charge on any atom is 0.189 e. The highest BCUT2D eigenvalue weighted by Crippen LogP contribution is 2.50. The number of phenols is 2. The van der Waals surface area contributed by atoms with E-state index in [2.05, 4.69) is 0 Å². The Balaban J connectivity index is 1.97. The first-order valence-electron chi connectivity index (χ1n) is 11.7. The second-order valence-corrected chi connectivity index (χ2v) is 10.2. The number of ether oxygens (including phenoxy) is 2. The van der Waals surface area contributed by atoms with Crippen LogP contribution in [-0.4, -0.2) is 62.7 Å². The second kappa shape index (κ2) is 9.70. The largest absolute Gasteiger partial charge is 0.507 e. The standard InChI is InChI=1S/C25H36O8/c1-6-20-25(33-20)19(27)10-18(32-24(25)31)15(8-13(4)5)22(29)16-9-14(7-12(2)3)21(28)17(11-26)23(16)30/h9,11-13,15,18-20,24,27-28,30-31H,6-8,10H2,1-5H3/t15?,18?,19-,20+,24-,25?/m1/s1. The van der Waals surface area contributed by atoms with E-state index < -0.39 is 41.5 Å². The van der Waals surface area contributed by atoms with Crippen LogP contribution < -0.4 is 0 Å². The van der Waals surface area contributed by atoms with E-state index in [4.69, 9.17) is 9.47 Å². The molecule has 8 nitrogen and oxygen atoms in total. The van der Waals surface area contributed by atoms with Gasteiger partial charge in [-0.1, -0.05) is 34.6 Å². The molecular weight excluding hydrogens is 428 g/mol. The van der Waals surface area contributed by atoms with Crippen LogP contribution in [-0.2, 0) is 15.9 Å². The third kappa shape index (κ3) is 4.67. The summed E-state index contributed by atoms with van der Waals surface area (Å²) < 4.78 is 11.4. The first-order valence-corrected chi connectivity index (χ1v) is 11.7. The summed E-state index contributed by atoms with van der Waals surface area (Å²) in [5.41, 5.74) is -1.15. The fraction of sp³-hybridized carbons (Fsp3) is 0.680. The number of Topliss-reactive ketones (excluding diaryl/α,β-unsaturated/α-hetero) is 1. The van der Waals surface area contributed by atoms with Gasteiger partial charge in [-0.3, -0.25) is 9.59 Å². The summed E-state index contributed by atoms with van der Waals surface area (Å²) in [5, 5.41) is 42.5. The number of hydrogen-bond donors (Lipinski definition) is 4. The number of aliphatic hydroxyl groups excluding tert-OH is 2. The molecule has 2 aliphatic heterocycles. The Morgan fingerprint density at radius 2 is 1.85 bits per heavy atom. The van der Waals surface area contributed by atoms with Crippen molar-refractivity contribution in [1.82, 2.24) is 0 Å². The molecule has 6 atom stereocenters. The zero-order valence-electron chi connectivity index (χ0n) is 19.9. The van der Waals surface area contributed by atoms with Crippen molar-refractivity contribution in [1.29, 1.82) is 0 Å². The monoisotopic (exact) mass is 464 g/mol. The minimum Gasteiger partial charge on any atom is -0.507 e. The van der Waals surface area contributed by atoms with Crippen molar-refractivity contribution in [2.75, 3.05) is 0 Å². The smallest absolute Gasteiger partial charge is 0.189 e. The molecule has 33 heavy (non-hydrogen) atoms. The molecule has 8 heteroatoms. The molecule has 1 aromatic carbocycles. The van der Waals surface area contributed by atoms with Gasteiger partial charge in [-0.05, 0) is 42.7 Å². The van der Waals surface area contributed by atoms with E-state index in [-0.39, 0.29) is 41.2 Å². The van der Waals surface area contributed by atoms with Crippen molar-refractivity contribution in [2.45, 2.75) is 90.5 Å². The lowest BCUT2D eigenvalue weighted by Crippen LogP contribution is -2.55. The highest BCUT2D eigenvalue weighted by Gasteiger charge is 2.68. The van der Waals surface area contributed by atoms with E-state index in [0.29, 0.717) is 31.1 Å². The van der Waals surface area contributed by atoms with Crippen LogP contribution in [0.2, 0.25) is 0 Å². The van der Waals surface area contributed by atoms with Crippen LogP contribution in [0.4, 0.5) is 0 Å². The maximum atomic E-state index is 13.7. The minimum absolute atomic E-state index is 0.0711. The molecule has 1 spiro atoms. The minimum atomic E-state index is -1.38. The van der Waals surface area contributed by atoms with E-state index in [1.54, 1.807) is 0 Å². The number of carbonyl (C=O) groups is 2. The first kappa shape index (κ1) is 25.6. The molecule has 0 aromatic heterocycles. The highest BCUT2D eigenvalue weighted by molar-refractivity contribution is 6.04. The number of hydrogen-bond acceptors (Lipinski definition) is 8. The van der Waals surface area contributed by atoms with Gasteiger partial charge in [0, 0.05) is 12.3 Å². The van der Waals surface area contributed by atoms with Gasteiger partial charge in [0.1, 0.15) is 11.5 Å². The Morgan fingerprint density at radius 1 is 1.18 bits per heavy atom. The Bertz CT molecular complexity index is 881. The number of aromatic hydroxyl groups is 2. The maximum absolute atomic E-state index is 13.7. The van der Waals surface area contributed by atoms with Gasteiger partial charge in [0.05, 0.1) is 29.4 Å². The highest BCUT2D eigenvalue weighted by atomic mass is 16.7. The molecule has 0 saturated carbocycles. The Labute approximate surface area is 194 Å². The number of benzene rings is 1. The predicted octanol–water partition coefficient (Wildman–Crippen LogP) is 2.97. The quantitative estimate of drug-likeness (QED) is 0.249. The number of ketones is 1. The van der Waals surface area contributed by atoms with Gasteiger partial charge in [-0.25, -0.2) is 0 Å². The SMILES string of the molecule is CC[C@@H]1OC12[C@H](O)CC(C(CC(C)C)C(=O)c1cc(CC(C)C)c(O)c(C=O)c1O)O[C@H]2O. The third-order valence-corrected chi connectivity index (χ3v) is 6.74. The normalized spacial score (nSPS) is 30.1. The summed E-state index contributed by atoms with van der Waals surface area (Å²) in [7, 11) is 0. The van der Waals surface area contributed by atoms with Crippen LogP contribution in [0.1, 0.15) is 80.2 Å². The topological polar surface area (TPSA) is 137 Å². The lowest BCUT2D eigenvalue weighted by atomic mass is 9.78. The zero-order valence-corrected chi connectivity index (χ0v) is 19.9. The van der Waals surface area contributed by atoms with Gasteiger partial charge in [-0.15, -0.1) is 0 Å². The molecule has 2 saturated heterocycles. The van der Waals surface area contributed by atoms with Crippen molar-refractivity contribution < 1.29 is 39.5 Å². The van der Waals surface area contributed by atoms with Gasteiger partial charge >= 0.3 is 0 Å². The molecule has 2 fully saturated rings. The zero-order chi connectivity index (χ0) is 24.7. The average molecular weight is 465 g/mol. The molecule has 3 rings (SSSR count). The predicted molar refractivity (Wildman–Crippen MR) is 120 cm³/mol. The van der Waals surface area contributed by atoms with E-state index in [1.165, 1.54) is 6.07 Å². The summed E-state index contributed by atoms with van der Waals surface area (Å²) in [4.78, 5) is 25.3. The fourth-order valence-corrected chi connectivity index (χ4v) is 5.05. The van der Waals surface area contributed by atoms with Gasteiger partial charge in [0.2, 0.25) is 0 Å². The number of carbonyl (C=O) groups excluding carboxylic acids is 2. The number of epoxide rings is 1. The van der Waals surface area contributed by atoms with Crippen LogP contribution in [0, 0.1) is 17.8 Å². The van der Waals surface area contributed by atoms with Crippen molar-refractivity contribution in [3.8, 4) is 11.5 Å². The number of aliphatic hydroxyl groups is 2. The average Bonchev–Trinajstić information content (AvgIpc) is 3.48. The van der Waals surface area contributed by atoms with E-state index in [1.807, 2.05) is 34.6 Å². The molecule has 0 bridgehead atoms. The number of phenolic OH excluding ortho intramolecular Hbond substituents is 2. The lowest BCUT2D eigenvalue weighted by molar-refractivity contribution is -0.239. The van der Waals surface area contributed by atoms with E-state index in [9.17, 15) is 30.0 Å². The molecule has 0 aliphatic carbocycles. The van der Waals surface area contributed by atoms with Crippen molar-refractivity contribution >= 4 is 12.1 Å². The lowest BCUT2D eigenvalue weighted by Gasteiger charge is -2.39. The molecule has 3 unspecified atom stereocenters. The number of aldehydes is 1. The van der Waals surface area contributed by atoms with Gasteiger partial charge in [-0.2, -0.15) is 0 Å². The van der Waals surface area contributed by atoms with Crippen LogP contribution in [0.5, 0.6) is 11.5 Å². The Hall–Kier alpha value is -2.00. The fourth-order valence-electron chi connectivity index (χ4n) is 5.05. The molecule has 0 radical (unpaired) electrons. The van der Waals surface area contributed by atoms with Gasteiger partial charge < -0.3 is 29.9 Å². The van der Waals surface area contributed by atoms with Gasteiger partial charge in [0.15, 0.2) is 24.0 Å². The van der Waals surface area contributed by atoms with E-state index in [0.717, 1.165) is 0 Å². The summed E-state index contributed by atoms with van der Waals surface area (Å²) in [6, 6.07) is 1.43. The summed E-state index contributed by atoms with van der Waals surface area (Å²) in [6.45, 7) is 9.64. The molecule has 0 amide bonds. The van der Waals surface area contributed by atoms with Crippen LogP contribution in [0.25, 0.3) is 0 Å². The Morgan fingerprint density at radius 3 is 2.33 bits per heavy atom. The van der Waals surface area contributed by atoms with Crippen molar-refractivity contribution in [3.63, 3.8) is 0 Å². The van der Waals surface area contributed by atoms with Crippen LogP contribution in [0.3, 0.4) is 0 Å². The molecule has 2 aliphatic rings. The van der Waals surface area contributed by atoms with E-state index >= 15 is 0 Å². The van der Waals surface area contributed by atoms with Crippen molar-refractivity contribution in [2.24, 2.45) is 17.8 Å². The third-order valence-electron chi connectivity index (χ3n) is 6.74. The summed E-state index contributed by atoms with van der Waals surface area (Å²) in [5.74, 6) is -1.92. The second-order valence-electron chi connectivity index (χ2n) is 10.2. The van der Waals surface area contributed by atoms with Crippen molar-refractivity contribution in [3.05, 3.63) is 22.8 Å². The molecule has 1 aromatic rings. The summed E-state index contributed by atoms with van der Waals surface area (Å²) in [6.07, 6.45) is -1.66. The molecule has 2 heterocycles. The van der Waals surface area contributed by atoms with Crippen LogP contribution in [0.15, 0.2) is 6.07 Å². The number of rotatable bonds is 9. The van der Waals surface area contributed by atoms with Crippen LogP contribution >= 0.6 is 0 Å². The molecule has 4 N–H and O–H groups in total. The molecular formula is C25H36O8. The molecule has 184 valence electrons. The Kier molecular flexibility index (Phi) is 7.53. The first-order chi connectivity index (χ1) is 15.5. The summed E-state index contributed by atoms with van der Waals surface area (Å²) >= 11 is 0.